The van der Waals surface area contributed by atoms with Crippen LogP contribution in [-0.4, -0.2) is 15.4 Å². The van der Waals surface area contributed by atoms with Gasteiger partial charge in [0.15, 0.2) is 5.69 Å². The van der Waals surface area contributed by atoms with Crippen molar-refractivity contribution >= 4 is 11.4 Å². The fourth-order valence-corrected chi connectivity index (χ4v) is 1.76. The molecular weight excluding hydrogens is 238 g/mol. The number of nitrogens with one attached hydrogen (secondary N) is 1. The molecule has 0 bridgehead atoms. The van der Waals surface area contributed by atoms with E-state index in [0.717, 1.165) is 11.4 Å². The maximum atomic E-state index is 4.08. The van der Waals surface area contributed by atoms with E-state index < -0.39 is 0 Å². The third-order valence-corrected chi connectivity index (χ3v) is 2.63. The fourth-order valence-electron chi connectivity index (χ4n) is 1.76. The second kappa shape index (κ2) is 5.22. The largest absolute Gasteiger partial charge is 0.382 e. The third-order valence-electron chi connectivity index (χ3n) is 2.63. The van der Waals surface area contributed by atoms with Gasteiger partial charge in [0.25, 0.3) is 0 Å². The van der Waals surface area contributed by atoms with E-state index in [-0.39, 0.29) is 0 Å². The van der Waals surface area contributed by atoms with E-state index in [1.165, 1.54) is 0 Å². The van der Waals surface area contributed by atoms with Crippen molar-refractivity contribution in [2.24, 2.45) is 0 Å². The van der Waals surface area contributed by atoms with E-state index in [2.05, 4.69) is 20.7 Å². The van der Waals surface area contributed by atoms with Crippen molar-refractivity contribution in [2.45, 2.75) is 0 Å². The van der Waals surface area contributed by atoms with Crippen LogP contribution in [0.1, 0.15) is 0 Å². The molecule has 92 valence electrons. The zero-order chi connectivity index (χ0) is 12.9. The highest BCUT2D eigenvalue weighted by molar-refractivity contribution is 5.62. The van der Waals surface area contributed by atoms with Crippen LogP contribution < -0.4 is 9.88 Å². The zero-order valence-corrected chi connectivity index (χ0v) is 10.1. The van der Waals surface area contributed by atoms with Crippen molar-refractivity contribution in [3.63, 3.8) is 0 Å². The van der Waals surface area contributed by atoms with E-state index in [1.54, 1.807) is 6.20 Å². The van der Waals surface area contributed by atoms with Gasteiger partial charge in [-0.15, -0.1) is 5.10 Å². The van der Waals surface area contributed by atoms with Crippen LogP contribution in [0.5, 0.6) is 0 Å². The molecule has 0 unspecified atom stereocenters. The topological polar surface area (TPSA) is 54.6 Å². The molecule has 5 heteroatoms. The summed E-state index contributed by atoms with van der Waals surface area (Å²) >= 11 is 0. The Morgan fingerprint density at radius 3 is 2.42 bits per heavy atom. The molecular formula is C14H12N5+. The number of anilines is 2. The molecule has 1 N–H and O–H groups in total. The van der Waals surface area contributed by atoms with Gasteiger partial charge in [0.2, 0.25) is 0 Å². The van der Waals surface area contributed by atoms with Crippen molar-refractivity contribution in [2.75, 3.05) is 5.32 Å². The minimum Gasteiger partial charge on any atom is -0.347 e. The van der Waals surface area contributed by atoms with Gasteiger partial charge in [0, 0.05) is 5.69 Å². The third kappa shape index (κ3) is 2.55. The Morgan fingerprint density at radius 1 is 0.895 bits per heavy atom. The first-order valence-corrected chi connectivity index (χ1v) is 5.90. The molecule has 1 aromatic carbocycles. The van der Waals surface area contributed by atoms with Gasteiger partial charge in [-0.3, -0.25) is 0 Å². The molecule has 0 saturated heterocycles. The van der Waals surface area contributed by atoms with Gasteiger partial charge in [0.1, 0.15) is 5.10 Å². The summed E-state index contributed by atoms with van der Waals surface area (Å²) in [6.45, 7) is 0. The smallest absolute Gasteiger partial charge is 0.347 e. The first-order valence-electron chi connectivity index (χ1n) is 5.90. The first kappa shape index (κ1) is 11.3. The monoisotopic (exact) mass is 250 g/mol. The Balaban J connectivity index is 1.99. The van der Waals surface area contributed by atoms with E-state index in [9.17, 15) is 0 Å². The number of hydrogen-bond donors (Lipinski definition) is 1. The molecule has 3 rings (SSSR count). The van der Waals surface area contributed by atoms with Gasteiger partial charge >= 0.3 is 5.82 Å². The van der Waals surface area contributed by atoms with E-state index in [0.29, 0.717) is 5.82 Å². The van der Waals surface area contributed by atoms with Crippen LogP contribution in [0.3, 0.4) is 0 Å². The number of nitrogens with zero attached hydrogens (tertiary/aromatic N) is 4. The van der Waals surface area contributed by atoms with E-state index in [4.69, 9.17) is 0 Å². The number of hydrogen-bond acceptors (Lipinski definition) is 4. The fraction of sp³-hybridized carbons (Fsp3) is 0. The van der Waals surface area contributed by atoms with Gasteiger partial charge in [0.05, 0.1) is 23.8 Å². The molecule has 19 heavy (non-hydrogen) atoms. The summed E-state index contributed by atoms with van der Waals surface area (Å²) < 4.78 is 1.89. The van der Waals surface area contributed by atoms with Gasteiger partial charge in [-0.1, -0.05) is 24.3 Å². The Morgan fingerprint density at radius 2 is 1.63 bits per heavy atom. The zero-order valence-electron chi connectivity index (χ0n) is 10.1. The average Bonchev–Trinajstić information content (AvgIpc) is 2.50. The Hall–Kier alpha value is -2.82. The first-order chi connectivity index (χ1) is 9.43. The summed E-state index contributed by atoms with van der Waals surface area (Å²) in [7, 11) is 0. The summed E-state index contributed by atoms with van der Waals surface area (Å²) in [6, 6.07) is 15.7. The van der Waals surface area contributed by atoms with Crippen LogP contribution in [-0.2, 0) is 0 Å². The van der Waals surface area contributed by atoms with Crippen molar-refractivity contribution in [1.82, 2.24) is 15.4 Å². The van der Waals surface area contributed by atoms with Gasteiger partial charge in [-0.05, 0) is 24.3 Å². The van der Waals surface area contributed by atoms with Gasteiger partial charge < -0.3 is 5.32 Å². The second-order valence-electron chi connectivity index (χ2n) is 3.95. The van der Waals surface area contributed by atoms with E-state index >= 15 is 0 Å². The molecule has 3 aromatic rings. The normalized spacial score (nSPS) is 10.1. The molecule has 5 nitrogen and oxygen atoms in total. The minimum atomic E-state index is 0.708. The second-order valence-corrected chi connectivity index (χ2v) is 3.95. The quantitative estimate of drug-likeness (QED) is 0.721. The summed E-state index contributed by atoms with van der Waals surface area (Å²) in [6.07, 6.45) is 5.50. The van der Waals surface area contributed by atoms with Crippen molar-refractivity contribution in [3.05, 3.63) is 67.1 Å². The minimum absolute atomic E-state index is 0.708. The number of aromatic nitrogens is 4. The van der Waals surface area contributed by atoms with Gasteiger partial charge in [-0.2, -0.15) is 4.57 Å². The maximum Gasteiger partial charge on any atom is 0.382 e. The maximum absolute atomic E-state index is 4.08. The summed E-state index contributed by atoms with van der Waals surface area (Å²) in [5.41, 5.74) is 1.78. The number of benzene rings is 1. The highest BCUT2D eigenvalue weighted by Crippen LogP contribution is 2.17. The highest BCUT2D eigenvalue weighted by atomic mass is 15.3. The predicted octanol–water partition coefficient (Wildman–Crippen LogP) is 1.89. The van der Waals surface area contributed by atoms with Crippen molar-refractivity contribution in [3.8, 4) is 5.82 Å². The number of pyridine rings is 1. The molecule has 0 aliphatic carbocycles. The van der Waals surface area contributed by atoms with Crippen LogP contribution in [0.4, 0.5) is 11.4 Å². The van der Waals surface area contributed by atoms with Crippen LogP contribution in [0.15, 0.2) is 67.1 Å². The lowest BCUT2D eigenvalue weighted by atomic mass is 10.3. The van der Waals surface area contributed by atoms with Crippen molar-refractivity contribution in [1.29, 1.82) is 0 Å². The number of rotatable bonds is 3. The molecule has 0 spiro atoms. The van der Waals surface area contributed by atoms with Crippen LogP contribution >= 0.6 is 0 Å². The summed E-state index contributed by atoms with van der Waals surface area (Å²) in [5.74, 6) is 0.708. The van der Waals surface area contributed by atoms with Crippen LogP contribution in [0, 0.1) is 0 Å². The molecule has 0 fully saturated rings. The lowest BCUT2D eigenvalue weighted by Gasteiger charge is -2.05. The Labute approximate surface area is 110 Å². The summed E-state index contributed by atoms with van der Waals surface area (Å²) in [4.78, 5) is 0. The van der Waals surface area contributed by atoms with Crippen molar-refractivity contribution < 1.29 is 4.57 Å². The van der Waals surface area contributed by atoms with Crippen LogP contribution in [0.2, 0.25) is 0 Å². The lowest BCUT2D eigenvalue weighted by molar-refractivity contribution is -0.599. The molecule has 0 saturated carbocycles. The molecule has 2 aromatic heterocycles. The number of para-hydroxylation sites is 1. The molecule has 0 radical (unpaired) electrons. The molecule has 0 aliphatic heterocycles. The van der Waals surface area contributed by atoms with Crippen LogP contribution in [0.25, 0.3) is 5.82 Å². The molecule has 0 aliphatic rings. The average molecular weight is 250 g/mol. The predicted molar refractivity (Wildman–Crippen MR) is 71.1 cm³/mol. The standard InChI is InChI=1S/C14H12N5/c1-3-7-12(8-4-1)16-13-11-15-18-17-14(13)19-9-5-2-6-10-19/h1-11H,(H,16,18)/q+1. The Bertz CT molecular complexity index is 655. The van der Waals surface area contributed by atoms with Gasteiger partial charge in [-0.25, -0.2) is 0 Å². The molecule has 2 heterocycles. The SMILES string of the molecule is c1ccc(Nc2cnnnc2-[n+]2ccccc2)cc1. The highest BCUT2D eigenvalue weighted by Gasteiger charge is 2.15. The lowest BCUT2D eigenvalue weighted by Crippen LogP contribution is -2.32. The van der Waals surface area contributed by atoms with E-state index in [1.807, 2.05) is 65.5 Å². The molecule has 0 atom stereocenters. The Kier molecular flexibility index (Phi) is 3.10. The summed E-state index contributed by atoms with van der Waals surface area (Å²) in [5, 5.41) is 14.9. The molecule has 0 amide bonds.